The number of fused-ring (bicyclic) bond motifs is 1. The molecule has 384 valence electrons. The van der Waals surface area contributed by atoms with Gasteiger partial charge in [0.25, 0.3) is 0 Å². The predicted molar refractivity (Wildman–Crippen MR) is 281 cm³/mol. The molecule has 5 atom stereocenters. The zero-order valence-electron chi connectivity index (χ0n) is 42.3. The van der Waals surface area contributed by atoms with Crippen molar-refractivity contribution >= 4 is 52.1 Å². The number of carbonyl (C=O) groups excluding carboxylic acids is 4. The maximum atomic E-state index is 14.2. The number of aryl methyl sites for hydroxylation is 1. The minimum absolute atomic E-state index is 0.0401. The van der Waals surface area contributed by atoms with E-state index >= 15 is 0 Å². The number of imidazole rings is 1. The van der Waals surface area contributed by atoms with E-state index in [9.17, 15) is 28.7 Å². The lowest BCUT2D eigenvalue weighted by atomic mass is 9.77. The Kier molecular flexibility index (Phi) is 15.9. The van der Waals surface area contributed by atoms with Gasteiger partial charge in [0.1, 0.15) is 23.1 Å². The number of aliphatic hydroxyl groups is 1. The van der Waals surface area contributed by atoms with Gasteiger partial charge in [0.05, 0.1) is 52.1 Å². The first kappa shape index (κ1) is 51.3. The Hall–Kier alpha value is -6.59. The average molecular weight is 1010 g/mol. The second-order valence-corrected chi connectivity index (χ2v) is 21.8. The molecule has 15 nitrogen and oxygen atoms in total. The number of carbonyl (C=O) groups is 4. The van der Waals surface area contributed by atoms with Crippen molar-refractivity contribution in [2.75, 3.05) is 42.5 Å². The molecule has 3 N–H and O–H groups in total. The molecule has 3 amide bonds. The van der Waals surface area contributed by atoms with Gasteiger partial charge < -0.3 is 30.4 Å². The number of ketones is 1. The number of amides is 3. The molecule has 6 heterocycles. The Morgan fingerprint density at radius 1 is 0.849 bits per heavy atom. The van der Waals surface area contributed by atoms with Gasteiger partial charge in [-0.25, -0.2) is 23.9 Å². The van der Waals surface area contributed by atoms with Crippen LogP contribution in [0.3, 0.4) is 0 Å². The minimum Gasteiger partial charge on any atom is -0.393 e. The van der Waals surface area contributed by atoms with E-state index < -0.39 is 29.4 Å². The molecule has 6 aromatic rings. The fraction of sp³-hybridized carbons (Fsp3) is 0.464. The summed E-state index contributed by atoms with van der Waals surface area (Å²) in [4.78, 5) is 75.8. The van der Waals surface area contributed by atoms with Crippen LogP contribution in [-0.2, 0) is 25.7 Å². The molecule has 0 bridgehead atoms. The lowest BCUT2D eigenvalue weighted by Gasteiger charge is -2.35. The number of hydrogen-bond acceptors (Lipinski definition) is 12. The molecule has 1 aliphatic carbocycles. The normalized spacial score (nSPS) is 19.6. The quantitative estimate of drug-likeness (QED) is 0.0704. The number of anilines is 2. The number of pyridine rings is 1. The van der Waals surface area contributed by atoms with Crippen LogP contribution in [0.4, 0.5) is 16.0 Å². The number of nitrogens with zero attached hydrogens (tertiary/aromatic N) is 8. The number of Topliss-reactive ketones (excluding diaryl/α,β-unsaturated/α-hetero) is 1. The third kappa shape index (κ3) is 12.1. The van der Waals surface area contributed by atoms with Gasteiger partial charge >= 0.3 is 0 Å². The summed E-state index contributed by atoms with van der Waals surface area (Å²) in [6.07, 6.45) is 6.88. The molecular formula is C56H67FN10O5S. The molecule has 17 heteroatoms. The highest BCUT2D eigenvalue weighted by Gasteiger charge is 2.46. The molecule has 1 saturated carbocycles. The Labute approximate surface area is 430 Å². The molecule has 2 saturated heterocycles. The van der Waals surface area contributed by atoms with Gasteiger partial charge in [0.15, 0.2) is 11.4 Å². The lowest BCUT2D eigenvalue weighted by Crippen LogP contribution is -2.52. The van der Waals surface area contributed by atoms with Crippen LogP contribution in [0.15, 0.2) is 90.6 Å². The SMILES string of the molecule is Cc1ncsc1-c1ccc(CNC(=O)[C@@H]2C[C@@H](O)CC2C(=O)[C@@H](NC(=O)CCCCCCC(=O)N2CCN(c3cccc(-c4cnc5ccc(N6CCC[C@@H]6c6cccc(F)c6)nn45)n3)CC2)C(C)(C)C)cc1. The van der Waals surface area contributed by atoms with Crippen molar-refractivity contribution in [3.63, 3.8) is 0 Å². The third-order valence-corrected chi connectivity index (χ3v) is 15.7. The van der Waals surface area contributed by atoms with Crippen molar-refractivity contribution in [2.24, 2.45) is 17.3 Å². The Morgan fingerprint density at radius 3 is 2.34 bits per heavy atom. The summed E-state index contributed by atoms with van der Waals surface area (Å²) in [5, 5.41) is 21.7. The van der Waals surface area contributed by atoms with Crippen LogP contribution in [-0.4, -0.2) is 103 Å². The maximum Gasteiger partial charge on any atom is 0.224 e. The first-order chi connectivity index (χ1) is 35.2. The van der Waals surface area contributed by atoms with Gasteiger partial charge in [-0.2, -0.15) is 0 Å². The third-order valence-electron chi connectivity index (χ3n) is 14.8. The lowest BCUT2D eigenvalue weighted by molar-refractivity contribution is -0.137. The summed E-state index contributed by atoms with van der Waals surface area (Å²) in [6, 6.07) is 23.9. The number of piperazine rings is 1. The van der Waals surface area contributed by atoms with E-state index in [0.29, 0.717) is 51.2 Å². The zero-order valence-corrected chi connectivity index (χ0v) is 43.1. The van der Waals surface area contributed by atoms with Crippen molar-refractivity contribution < 1.29 is 28.7 Å². The van der Waals surface area contributed by atoms with E-state index in [1.807, 2.05) is 103 Å². The Morgan fingerprint density at radius 2 is 1.60 bits per heavy atom. The van der Waals surface area contributed by atoms with Crippen molar-refractivity contribution in [1.82, 2.24) is 40.1 Å². The summed E-state index contributed by atoms with van der Waals surface area (Å²) in [6.45, 7) is 11.3. The van der Waals surface area contributed by atoms with E-state index in [2.05, 4.69) is 30.4 Å². The number of aromatic nitrogens is 5. The fourth-order valence-corrected chi connectivity index (χ4v) is 11.6. The number of thiazole rings is 1. The first-order valence-corrected chi connectivity index (χ1v) is 26.7. The smallest absolute Gasteiger partial charge is 0.224 e. The van der Waals surface area contributed by atoms with E-state index in [-0.39, 0.29) is 54.6 Å². The monoisotopic (exact) mass is 1010 g/mol. The van der Waals surface area contributed by atoms with Crippen LogP contribution >= 0.6 is 11.3 Å². The summed E-state index contributed by atoms with van der Waals surface area (Å²) in [7, 11) is 0. The van der Waals surface area contributed by atoms with Gasteiger partial charge in [-0.15, -0.1) is 16.4 Å². The van der Waals surface area contributed by atoms with Crippen LogP contribution in [0.1, 0.15) is 108 Å². The standard InChI is InChI=1S/C56H67FN10O5S/c1-36-53(73-35-60-36)38-21-19-37(20-22-38)33-59-55(72)43-32-41(68)31-42(43)52(71)54(56(2,3)4)62-50(69)17-7-5-6-8-18-51(70)65-28-26-64(27-29-65)48-16-10-14-44(61-48)46-34-58-47-23-24-49(63-67(46)47)66-25-11-15-45(66)39-12-9-13-40(57)30-39/h9-10,12-14,16,19-24,30,34-35,41-43,45,54,68H,5-8,11,15,17-18,25-29,31-33H2,1-4H3,(H,59,72)(H,62,69)/t41-,42?,43+,45+,54+/m0/s1. The number of nitrogens with one attached hydrogen (secondary N) is 2. The van der Waals surface area contributed by atoms with Gasteiger partial charge in [0.2, 0.25) is 17.7 Å². The summed E-state index contributed by atoms with van der Waals surface area (Å²) in [5.41, 5.74) is 7.33. The van der Waals surface area contributed by atoms with E-state index in [0.717, 1.165) is 88.9 Å². The van der Waals surface area contributed by atoms with Gasteiger partial charge in [-0.05, 0) is 104 Å². The largest absolute Gasteiger partial charge is 0.393 e. The number of rotatable bonds is 18. The molecule has 3 aliphatic rings. The molecule has 1 unspecified atom stereocenters. The molecule has 0 radical (unpaired) electrons. The highest BCUT2D eigenvalue weighted by molar-refractivity contribution is 7.13. The van der Waals surface area contributed by atoms with Crippen LogP contribution in [0.25, 0.3) is 27.5 Å². The number of hydrogen-bond donors (Lipinski definition) is 3. The molecule has 3 fully saturated rings. The second kappa shape index (κ2) is 22.7. The molecule has 0 spiro atoms. The van der Waals surface area contributed by atoms with Crippen molar-refractivity contribution in [2.45, 2.75) is 117 Å². The summed E-state index contributed by atoms with van der Waals surface area (Å²) < 4.78 is 16.0. The topological polar surface area (TPSA) is 178 Å². The maximum absolute atomic E-state index is 14.2. The van der Waals surface area contributed by atoms with E-state index in [1.165, 1.54) is 6.07 Å². The van der Waals surface area contributed by atoms with E-state index in [1.54, 1.807) is 29.7 Å². The zero-order chi connectivity index (χ0) is 51.2. The van der Waals surface area contributed by atoms with Crippen LogP contribution < -0.4 is 20.4 Å². The highest BCUT2D eigenvalue weighted by atomic mass is 32.1. The van der Waals surface area contributed by atoms with Gasteiger partial charge in [-0.1, -0.05) is 76.1 Å². The summed E-state index contributed by atoms with van der Waals surface area (Å²) >= 11 is 1.58. The molecule has 9 rings (SSSR count). The molecule has 73 heavy (non-hydrogen) atoms. The second-order valence-electron chi connectivity index (χ2n) is 21.0. The first-order valence-electron chi connectivity index (χ1n) is 25.9. The number of halogens is 1. The Bertz CT molecular complexity index is 2910. The minimum atomic E-state index is -0.821. The van der Waals surface area contributed by atoms with Crippen LogP contribution in [0, 0.1) is 30.0 Å². The fourth-order valence-electron chi connectivity index (χ4n) is 10.7. The predicted octanol–water partition coefficient (Wildman–Crippen LogP) is 8.50. The van der Waals surface area contributed by atoms with Gasteiger partial charge in [0, 0.05) is 58.0 Å². The highest BCUT2D eigenvalue weighted by Crippen LogP contribution is 2.38. The average Bonchev–Trinajstić information content (AvgIpc) is 4.23. The molecule has 2 aromatic carbocycles. The van der Waals surface area contributed by atoms with Crippen LogP contribution in [0.2, 0.25) is 0 Å². The molecule has 2 aliphatic heterocycles. The molecular weight excluding hydrogens is 944 g/mol. The number of unbranched alkanes of at least 4 members (excludes halogenated alkanes) is 3. The number of benzene rings is 2. The van der Waals surface area contributed by atoms with Crippen molar-refractivity contribution in [3.05, 3.63) is 113 Å². The van der Waals surface area contributed by atoms with Crippen LogP contribution in [0.5, 0.6) is 0 Å². The van der Waals surface area contributed by atoms with E-state index in [4.69, 9.17) is 10.1 Å². The Balaban J connectivity index is 0.701. The number of aliphatic hydroxyl groups excluding tert-OH is 1. The molecule has 4 aromatic heterocycles. The van der Waals surface area contributed by atoms with Crippen molar-refractivity contribution in [3.8, 4) is 21.8 Å². The summed E-state index contributed by atoms with van der Waals surface area (Å²) in [5.74, 6) is -0.629. The van der Waals surface area contributed by atoms with Gasteiger partial charge in [-0.3, -0.25) is 19.2 Å². The van der Waals surface area contributed by atoms with Crippen molar-refractivity contribution in [1.29, 1.82) is 0 Å².